The van der Waals surface area contributed by atoms with Crippen molar-refractivity contribution >= 4 is 44.4 Å². The van der Waals surface area contributed by atoms with Gasteiger partial charge in [-0.25, -0.2) is 17.9 Å². The summed E-state index contributed by atoms with van der Waals surface area (Å²) in [5.74, 6) is -3.08. The fraction of sp³-hybridized carbons (Fsp3) is 0.179. The number of carbonyl (C=O) groups is 3. The molecule has 0 heterocycles. The Bertz CT molecular complexity index is 2210. The number of amides is 2. The number of sulfonamides is 1. The maximum atomic E-state index is 14.1. The van der Waals surface area contributed by atoms with Crippen LogP contribution in [-0.2, 0) is 51.3 Å². The molecule has 2 atom stereocenters. The number of fused-ring (bicyclic) bond motifs is 1. The van der Waals surface area contributed by atoms with Gasteiger partial charge in [-0.15, -0.1) is 0 Å². The summed E-state index contributed by atoms with van der Waals surface area (Å²) in [5.41, 5.74) is 15.1. The number of amidine groups is 1. The van der Waals surface area contributed by atoms with E-state index in [-0.39, 0.29) is 42.9 Å². The van der Waals surface area contributed by atoms with Gasteiger partial charge in [0.15, 0.2) is 0 Å². The molecule has 0 saturated carbocycles. The Hall–Kier alpha value is -5.89. The summed E-state index contributed by atoms with van der Waals surface area (Å²) in [5, 5.41) is 24.5. The quantitative estimate of drug-likeness (QED) is 0.0591. The van der Waals surface area contributed by atoms with Crippen LogP contribution in [0.4, 0.5) is 0 Å². The number of aromatic carboxylic acids is 1. The van der Waals surface area contributed by atoms with Crippen molar-refractivity contribution < 1.29 is 27.9 Å². The Morgan fingerprint density at radius 1 is 0.673 bits per heavy atom. The van der Waals surface area contributed by atoms with Crippen LogP contribution in [-0.4, -0.2) is 49.2 Å². The smallest absolute Gasteiger partial charge is 0.335 e. The normalized spacial score (nSPS) is 12.5. The number of rotatable bonds is 16. The van der Waals surface area contributed by atoms with E-state index in [9.17, 15) is 27.9 Å². The summed E-state index contributed by atoms with van der Waals surface area (Å²) >= 11 is 0. The Morgan fingerprint density at radius 2 is 1.31 bits per heavy atom. The third-order valence-corrected chi connectivity index (χ3v) is 9.81. The van der Waals surface area contributed by atoms with Crippen molar-refractivity contribution in [3.8, 4) is 0 Å². The summed E-state index contributed by atoms with van der Waals surface area (Å²) in [6.07, 6.45) is 0.0523. The number of nitrogens with two attached hydrogens (primary N) is 2. The third kappa shape index (κ3) is 10.3. The molecule has 5 aromatic rings. The van der Waals surface area contributed by atoms with Crippen molar-refractivity contribution in [1.82, 2.24) is 15.4 Å². The molecule has 0 aliphatic rings. The minimum Gasteiger partial charge on any atom is -0.478 e. The average Bonchev–Trinajstić information content (AvgIpc) is 3.13. The van der Waals surface area contributed by atoms with E-state index in [1.54, 1.807) is 30.3 Å². The van der Waals surface area contributed by atoms with Crippen LogP contribution in [0.25, 0.3) is 10.8 Å². The van der Waals surface area contributed by atoms with Crippen molar-refractivity contribution in [2.75, 3.05) is 0 Å². The van der Waals surface area contributed by atoms with Gasteiger partial charge in [-0.2, -0.15) is 0 Å². The summed E-state index contributed by atoms with van der Waals surface area (Å²) in [6.45, 7) is 0.396. The van der Waals surface area contributed by atoms with Gasteiger partial charge in [0.05, 0.1) is 11.3 Å². The minimum atomic E-state index is -4.21. The molecule has 0 bridgehead atoms. The highest BCUT2D eigenvalue weighted by Gasteiger charge is 2.30. The van der Waals surface area contributed by atoms with E-state index in [4.69, 9.17) is 16.9 Å². The Labute approximate surface area is 301 Å². The van der Waals surface area contributed by atoms with E-state index in [0.29, 0.717) is 11.1 Å². The first-order chi connectivity index (χ1) is 24.9. The zero-order valence-corrected chi connectivity index (χ0v) is 29.0. The number of hydrogen-bond acceptors (Lipinski definition) is 7. The zero-order chi connectivity index (χ0) is 37.3. The SMILES string of the molecule is N=C(N)c1ccc(CNC(=O)[C@H](Cc2cccc(CN)c2)NC(=O)[C@@H](Cc2ccc3ccccc3c2)NS(=O)(=O)Cc2cccc(C(=O)O)c2)cc1. The van der Waals surface area contributed by atoms with Gasteiger partial charge in [0.1, 0.15) is 17.9 Å². The molecule has 5 aromatic carbocycles. The van der Waals surface area contributed by atoms with Crippen LogP contribution in [0.3, 0.4) is 0 Å². The van der Waals surface area contributed by atoms with Crippen molar-refractivity contribution in [3.05, 3.63) is 154 Å². The Balaban J connectivity index is 1.42. The fourth-order valence-corrected chi connectivity index (χ4v) is 7.10. The van der Waals surface area contributed by atoms with Crippen molar-refractivity contribution in [2.45, 2.75) is 43.8 Å². The first kappa shape index (κ1) is 37.4. The third-order valence-electron chi connectivity index (χ3n) is 8.45. The van der Waals surface area contributed by atoms with Gasteiger partial charge >= 0.3 is 5.97 Å². The molecule has 5 rings (SSSR count). The first-order valence-electron chi connectivity index (χ1n) is 16.5. The molecule has 268 valence electrons. The highest BCUT2D eigenvalue weighted by Crippen LogP contribution is 2.18. The maximum Gasteiger partial charge on any atom is 0.335 e. The lowest BCUT2D eigenvalue weighted by atomic mass is 10.00. The predicted octanol–water partition coefficient (Wildman–Crippen LogP) is 3.36. The molecule has 2 amide bonds. The highest BCUT2D eigenvalue weighted by atomic mass is 32.2. The average molecular weight is 721 g/mol. The van der Waals surface area contributed by atoms with Crippen LogP contribution < -0.4 is 26.8 Å². The molecule has 0 saturated heterocycles. The number of hydrogen-bond donors (Lipinski definition) is 7. The van der Waals surface area contributed by atoms with Gasteiger partial charge in [-0.3, -0.25) is 15.0 Å². The molecule has 12 nitrogen and oxygen atoms in total. The van der Waals surface area contributed by atoms with Gasteiger partial charge in [0.2, 0.25) is 21.8 Å². The van der Waals surface area contributed by atoms with Gasteiger partial charge in [-0.1, -0.05) is 103 Å². The van der Waals surface area contributed by atoms with E-state index >= 15 is 0 Å². The second kappa shape index (κ2) is 16.9. The van der Waals surface area contributed by atoms with Crippen LogP contribution in [0, 0.1) is 5.41 Å². The molecular formula is C39H40N6O6S. The van der Waals surface area contributed by atoms with E-state index in [0.717, 1.165) is 27.5 Å². The lowest BCUT2D eigenvalue weighted by Gasteiger charge is -2.24. The Morgan fingerprint density at radius 3 is 2.02 bits per heavy atom. The van der Waals surface area contributed by atoms with Gasteiger partial charge in [0, 0.05) is 25.1 Å². The summed E-state index contributed by atoms with van der Waals surface area (Å²) in [6, 6.07) is 30.5. The molecule has 52 heavy (non-hydrogen) atoms. The van der Waals surface area contributed by atoms with E-state index < -0.39 is 45.6 Å². The molecule has 13 heteroatoms. The summed E-state index contributed by atoms with van der Waals surface area (Å²) in [7, 11) is -4.21. The molecule has 0 aliphatic heterocycles. The monoisotopic (exact) mass is 720 g/mol. The second-order valence-electron chi connectivity index (χ2n) is 12.4. The lowest BCUT2D eigenvalue weighted by molar-refractivity contribution is -0.129. The molecule has 0 radical (unpaired) electrons. The number of nitrogens with one attached hydrogen (secondary N) is 4. The number of nitrogen functional groups attached to an aromatic ring is 1. The number of carboxylic acids is 1. The molecule has 0 fully saturated rings. The predicted molar refractivity (Wildman–Crippen MR) is 200 cm³/mol. The Kier molecular flexibility index (Phi) is 12.1. The maximum absolute atomic E-state index is 14.1. The van der Waals surface area contributed by atoms with Crippen molar-refractivity contribution in [1.29, 1.82) is 5.41 Å². The van der Waals surface area contributed by atoms with Crippen LogP contribution in [0.1, 0.15) is 43.7 Å². The first-order valence-corrected chi connectivity index (χ1v) is 18.1. The molecule has 0 unspecified atom stereocenters. The lowest BCUT2D eigenvalue weighted by Crippen LogP contribution is -2.55. The molecule has 0 spiro atoms. The molecule has 9 N–H and O–H groups in total. The van der Waals surface area contributed by atoms with Crippen LogP contribution in [0.5, 0.6) is 0 Å². The van der Waals surface area contributed by atoms with E-state index in [1.165, 1.54) is 24.3 Å². The van der Waals surface area contributed by atoms with Crippen molar-refractivity contribution in [3.63, 3.8) is 0 Å². The van der Waals surface area contributed by atoms with Crippen LogP contribution in [0.15, 0.2) is 115 Å². The van der Waals surface area contributed by atoms with Crippen LogP contribution >= 0.6 is 0 Å². The molecule has 0 aliphatic carbocycles. The number of carbonyl (C=O) groups excluding carboxylic acids is 2. The fourth-order valence-electron chi connectivity index (χ4n) is 5.78. The zero-order valence-electron chi connectivity index (χ0n) is 28.2. The van der Waals surface area contributed by atoms with Crippen LogP contribution in [0.2, 0.25) is 0 Å². The van der Waals surface area contributed by atoms with E-state index in [2.05, 4.69) is 15.4 Å². The molecule has 0 aromatic heterocycles. The largest absolute Gasteiger partial charge is 0.478 e. The standard InChI is InChI=1S/C39H40N6O6S/c40-22-28-6-3-5-26(17-28)20-34(37(46)43-23-25-11-15-31(16-12-25)36(41)42)44-38(47)35(21-27-13-14-30-8-1-2-9-32(30)18-27)45-52(50,51)24-29-7-4-10-33(19-29)39(48)49/h1-19,34-35,45H,20-24,40H2,(H3,41,42)(H,43,46)(H,44,47)(H,48,49)/t34-,35+/m0/s1. The number of carboxylic acid groups (broad SMARTS) is 1. The number of benzene rings is 5. The van der Waals surface area contributed by atoms with E-state index in [1.807, 2.05) is 60.7 Å². The van der Waals surface area contributed by atoms with Crippen molar-refractivity contribution in [2.24, 2.45) is 11.5 Å². The minimum absolute atomic E-state index is 0.0371. The van der Waals surface area contributed by atoms with Gasteiger partial charge in [0.25, 0.3) is 0 Å². The summed E-state index contributed by atoms with van der Waals surface area (Å²) < 4.78 is 29.6. The molecular weight excluding hydrogens is 681 g/mol. The second-order valence-corrected chi connectivity index (χ2v) is 14.2. The topological polar surface area (TPSA) is 218 Å². The van der Waals surface area contributed by atoms with Gasteiger partial charge in [-0.05, 0) is 57.1 Å². The summed E-state index contributed by atoms with van der Waals surface area (Å²) in [4.78, 5) is 39.4. The van der Waals surface area contributed by atoms with Gasteiger partial charge < -0.3 is 27.2 Å². The highest BCUT2D eigenvalue weighted by molar-refractivity contribution is 7.88.